The Bertz CT molecular complexity index is 622. The predicted octanol–water partition coefficient (Wildman–Crippen LogP) is 0.966. The van der Waals surface area contributed by atoms with Crippen LogP contribution in [0.15, 0.2) is 18.2 Å². The van der Waals surface area contributed by atoms with Gasteiger partial charge in [0.05, 0.1) is 24.6 Å². The van der Waals surface area contributed by atoms with E-state index in [1.54, 1.807) is 17.0 Å². The van der Waals surface area contributed by atoms with Crippen molar-refractivity contribution in [3.8, 4) is 0 Å². The highest BCUT2D eigenvalue weighted by Crippen LogP contribution is 2.31. The SMILES string of the molecule is CC[NH+]1CCC(NC(=O)c2ccc(NC3CC3)c([N+](=O)[O-])c2)CC1. The number of nitro benzene ring substituents is 1. The van der Waals surface area contributed by atoms with Crippen LogP contribution in [0.1, 0.15) is 43.0 Å². The van der Waals surface area contributed by atoms with Crippen LogP contribution in [0.5, 0.6) is 0 Å². The van der Waals surface area contributed by atoms with E-state index in [4.69, 9.17) is 0 Å². The average molecular weight is 333 g/mol. The summed E-state index contributed by atoms with van der Waals surface area (Å²) < 4.78 is 0. The van der Waals surface area contributed by atoms with Crippen LogP contribution in [0.4, 0.5) is 11.4 Å². The summed E-state index contributed by atoms with van der Waals surface area (Å²) in [5, 5.41) is 17.5. The second-order valence-corrected chi connectivity index (χ2v) is 6.76. The number of nitro groups is 1. The van der Waals surface area contributed by atoms with Gasteiger partial charge in [0.2, 0.25) is 0 Å². The summed E-state index contributed by atoms with van der Waals surface area (Å²) in [4.78, 5) is 24.8. The molecule has 1 aliphatic carbocycles. The monoisotopic (exact) mass is 333 g/mol. The molecular weight excluding hydrogens is 308 g/mol. The maximum Gasteiger partial charge on any atom is 0.293 e. The van der Waals surface area contributed by atoms with E-state index in [-0.39, 0.29) is 17.6 Å². The first kappa shape index (κ1) is 16.7. The summed E-state index contributed by atoms with van der Waals surface area (Å²) in [7, 11) is 0. The number of quaternary nitrogens is 1. The van der Waals surface area contributed by atoms with Crippen molar-refractivity contribution in [3.63, 3.8) is 0 Å². The van der Waals surface area contributed by atoms with Gasteiger partial charge in [-0.25, -0.2) is 0 Å². The molecule has 2 fully saturated rings. The van der Waals surface area contributed by atoms with E-state index in [1.807, 2.05) is 0 Å². The van der Waals surface area contributed by atoms with Crippen molar-refractivity contribution in [2.45, 2.75) is 44.7 Å². The van der Waals surface area contributed by atoms with Gasteiger partial charge < -0.3 is 15.5 Å². The maximum atomic E-state index is 12.4. The van der Waals surface area contributed by atoms with Crippen molar-refractivity contribution >= 4 is 17.3 Å². The molecule has 7 heteroatoms. The van der Waals surface area contributed by atoms with E-state index in [2.05, 4.69) is 17.6 Å². The van der Waals surface area contributed by atoms with Gasteiger partial charge in [0.15, 0.2) is 0 Å². The number of carbonyl (C=O) groups excluding carboxylic acids is 1. The molecule has 1 saturated heterocycles. The van der Waals surface area contributed by atoms with Gasteiger partial charge in [0.25, 0.3) is 11.6 Å². The predicted molar refractivity (Wildman–Crippen MR) is 91.5 cm³/mol. The minimum Gasteiger partial charge on any atom is -0.377 e. The number of nitrogens with one attached hydrogen (secondary N) is 3. The Balaban J connectivity index is 1.66. The van der Waals surface area contributed by atoms with Crippen LogP contribution in [0, 0.1) is 10.1 Å². The number of hydrogen-bond acceptors (Lipinski definition) is 4. The highest BCUT2D eigenvalue weighted by Gasteiger charge is 2.27. The number of carbonyl (C=O) groups is 1. The molecule has 24 heavy (non-hydrogen) atoms. The zero-order valence-corrected chi connectivity index (χ0v) is 14.0. The van der Waals surface area contributed by atoms with E-state index in [1.165, 1.54) is 6.07 Å². The van der Waals surface area contributed by atoms with Crippen LogP contribution < -0.4 is 15.5 Å². The molecule has 1 aliphatic heterocycles. The van der Waals surface area contributed by atoms with Crippen molar-refractivity contribution in [2.75, 3.05) is 25.0 Å². The van der Waals surface area contributed by atoms with E-state index in [0.717, 1.165) is 45.3 Å². The smallest absolute Gasteiger partial charge is 0.293 e. The Hall–Kier alpha value is -2.15. The van der Waals surface area contributed by atoms with Crippen LogP contribution in [-0.4, -0.2) is 42.5 Å². The Morgan fingerprint density at radius 2 is 1.96 bits per heavy atom. The maximum absolute atomic E-state index is 12.4. The van der Waals surface area contributed by atoms with Gasteiger partial charge in [-0.1, -0.05) is 0 Å². The zero-order chi connectivity index (χ0) is 17.1. The Morgan fingerprint density at radius 3 is 2.54 bits per heavy atom. The zero-order valence-electron chi connectivity index (χ0n) is 14.0. The summed E-state index contributed by atoms with van der Waals surface area (Å²) >= 11 is 0. The Labute approximate surface area is 141 Å². The fourth-order valence-electron chi connectivity index (χ4n) is 3.19. The fraction of sp³-hybridized carbons (Fsp3) is 0.588. The van der Waals surface area contributed by atoms with Crippen LogP contribution in [-0.2, 0) is 0 Å². The topological polar surface area (TPSA) is 88.7 Å². The molecule has 1 aromatic carbocycles. The quantitative estimate of drug-likeness (QED) is 0.534. The van der Waals surface area contributed by atoms with E-state index < -0.39 is 4.92 Å². The molecular formula is C17H25N4O3+. The average Bonchev–Trinajstić information content (AvgIpc) is 3.39. The van der Waals surface area contributed by atoms with Crippen LogP contribution >= 0.6 is 0 Å². The number of rotatable bonds is 6. The molecule has 0 spiro atoms. The number of anilines is 1. The number of amides is 1. The highest BCUT2D eigenvalue weighted by molar-refractivity contribution is 5.96. The lowest BCUT2D eigenvalue weighted by Gasteiger charge is -2.28. The van der Waals surface area contributed by atoms with Crippen molar-refractivity contribution in [3.05, 3.63) is 33.9 Å². The van der Waals surface area contributed by atoms with Gasteiger partial charge in [0.1, 0.15) is 5.69 Å². The van der Waals surface area contributed by atoms with Crippen molar-refractivity contribution in [1.82, 2.24) is 5.32 Å². The van der Waals surface area contributed by atoms with Gasteiger partial charge in [-0.15, -0.1) is 0 Å². The van der Waals surface area contributed by atoms with E-state index in [0.29, 0.717) is 17.3 Å². The lowest BCUT2D eigenvalue weighted by atomic mass is 10.0. The lowest BCUT2D eigenvalue weighted by molar-refractivity contribution is -0.903. The van der Waals surface area contributed by atoms with Crippen LogP contribution in [0.25, 0.3) is 0 Å². The summed E-state index contributed by atoms with van der Waals surface area (Å²) in [5.41, 5.74) is 0.826. The first-order valence-electron chi connectivity index (χ1n) is 8.76. The molecule has 1 heterocycles. The molecule has 3 N–H and O–H groups in total. The molecule has 130 valence electrons. The fourth-order valence-corrected chi connectivity index (χ4v) is 3.19. The number of likely N-dealkylation sites (tertiary alicyclic amines) is 1. The van der Waals surface area contributed by atoms with Crippen molar-refractivity contribution in [1.29, 1.82) is 0 Å². The summed E-state index contributed by atoms with van der Waals surface area (Å²) in [5.74, 6) is -0.221. The third-order valence-corrected chi connectivity index (χ3v) is 4.92. The molecule has 1 aromatic rings. The summed E-state index contributed by atoms with van der Waals surface area (Å²) in [6.07, 6.45) is 3.99. The van der Waals surface area contributed by atoms with Crippen LogP contribution in [0.2, 0.25) is 0 Å². The molecule has 2 aliphatic rings. The minimum absolute atomic E-state index is 0.0280. The Morgan fingerprint density at radius 1 is 1.25 bits per heavy atom. The lowest BCUT2D eigenvalue weighted by Crippen LogP contribution is -3.13. The van der Waals surface area contributed by atoms with Gasteiger partial charge in [-0.2, -0.15) is 0 Å². The minimum atomic E-state index is -0.426. The molecule has 1 amide bonds. The largest absolute Gasteiger partial charge is 0.377 e. The third-order valence-electron chi connectivity index (χ3n) is 4.92. The van der Waals surface area contributed by atoms with E-state index >= 15 is 0 Å². The molecule has 0 bridgehead atoms. The van der Waals surface area contributed by atoms with Crippen LogP contribution in [0.3, 0.4) is 0 Å². The normalized spacial score (nSPS) is 23.5. The molecule has 0 atom stereocenters. The van der Waals surface area contributed by atoms with Crippen molar-refractivity contribution < 1.29 is 14.6 Å². The first-order chi connectivity index (χ1) is 11.6. The van der Waals surface area contributed by atoms with Gasteiger partial charge in [0, 0.05) is 36.6 Å². The molecule has 0 radical (unpaired) electrons. The number of nitrogens with zero attached hydrogens (tertiary/aromatic N) is 1. The van der Waals surface area contributed by atoms with Gasteiger partial charge in [-0.3, -0.25) is 14.9 Å². The molecule has 3 rings (SSSR count). The van der Waals surface area contributed by atoms with Gasteiger partial charge in [-0.05, 0) is 31.9 Å². The second-order valence-electron chi connectivity index (χ2n) is 6.76. The molecule has 7 nitrogen and oxygen atoms in total. The van der Waals surface area contributed by atoms with E-state index in [9.17, 15) is 14.9 Å². The molecule has 1 saturated carbocycles. The highest BCUT2D eigenvalue weighted by atomic mass is 16.6. The molecule has 0 unspecified atom stereocenters. The summed E-state index contributed by atoms with van der Waals surface area (Å²) in [6, 6.07) is 5.19. The number of hydrogen-bond donors (Lipinski definition) is 3. The summed E-state index contributed by atoms with van der Waals surface area (Å²) in [6.45, 7) is 5.41. The first-order valence-corrected chi connectivity index (χ1v) is 8.76. The van der Waals surface area contributed by atoms with Crippen molar-refractivity contribution in [2.24, 2.45) is 0 Å². The number of benzene rings is 1. The Kier molecular flexibility index (Phi) is 4.99. The standard InChI is InChI=1S/C17H24N4O3/c1-2-20-9-7-14(8-10-20)19-17(22)12-3-6-15(18-13-4-5-13)16(11-12)21(23)24/h3,6,11,13-14,18H,2,4-5,7-10H2,1H3,(H,19,22)/p+1. The van der Waals surface area contributed by atoms with Gasteiger partial charge >= 0.3 is 0 Å². The molecule has 0 aromatic heterocycles. The number of piperidine rings is 1. The second kappa shape index (κ2) is 7.17. The third kappa shape index (κ3) is 4.03.